The molecule has 1 aliphatic heterocycles. The van der Waals surface area contributed by atoms with E-state index in [4.69, 9.17) is 5.73 Å². The minimum absolute atomic E-state index is 0.135. The van der Waals surface area contributed by atoms with Crippen molar-refractivity contribution in [2.75, 3.05) is 17.6 Å². The van der Waals surface area contributed by atoms with Crippen molar-refractivity contribution in [3.63, 3.8) is 0 Å². The first-order chi connectivity index (χ1) is 14.6. The number of benzene rings is 1. The van der Waals surface area contributed by atoms with Crippen LogP contribution < -0.4 is 11.1 Å². The van der Waals surface area contributed by atoms with Gasteiger partial charge in [-0.15, -0.1) is 5.10 Å². The normalized spacial score (nSPS) is 12.4. The highest BCUT2D eigenvalue weighted by molar-refractivity contribution is 5.71. The van der Waals surface area contributed by atoms with Crippen LogP contribution in [0.25, 0.3) is 22.6 Å². The van der Waals surface area contributed by atoms with E-state index in [0.717, 1.165) is 35.7 Å². The molecule has 0 atom stereocenters. The van der Waals surface area contributed by atoms with Crippen LogP contribution in [0.2, 0.25) is 0 Å². The summed E-state index contributed by atoms with van der Waals surface area (Å²) in [6, 6.07) is 11.5. The Morgan fingerprint density at radius 1 is 1.20 bits per heavy atom. The van der Waals surface area contributed by atoms with Crippen LogP contribution in [0.4, 0.5) is 11.8 Å². The van der Waals surface area contributed by atoms with Crippen LogP contribution in [0.1, 0.15) is 16.8 Å². The maximum absolute atomic E-state index is 9.30. The van der Waals surface area contributed by atoms with Gasteiger partial charge in [0.2, 0.25) is 5.95 Å². The summed E-state index contributed by atoms with van der Waals surface area (Å²) < 4.78 is 3.66. The van der Waals surface area contributed by atoms with Crippen molar-refractivity contribution in [2.24, 2.45) is 0 Å². The number of hydrogen-bond donors (Lipinski definition) is 2. The molecule has 30 heavy (non-hydrogen) atoms. The molecule has 10 nitrogen and oxygen atoms in total. The van der Waals surface area contributed by atoms with E-state index in [-0.39, 0.29) is 5.95 Å². The number of hydrogen-bond acceptors (Lipinski definition) is 8. The molecule has 5 rings (SSSR count). The van der Waals surface area contributed by atoms with Gasteiger partial charge in [0.1, 0.15) is 11.5 Å². The second-order valence-electron chi connectivity index (χ2n) is 7.06. The van der Waals surface area contributed by atoms with E-state index in [9.17, 15) is 5.26 Å². The Balaban J connectivity index is 1.46. The third-order valence-electron chi connectivity index (χ3n) is 5.06. The molecule has 4 aromatic rings. The van der Waals surface area contributed by atoms with Crippen LogP contribution in [0, 0.1) is 18.3 Å². The fourth-order valence-electron chi connectivity index (χ4n) is 3.58. The minimum Gasteiger partial charge on any atom is -0.368 e. The second-order valence-corrected chi connectivity index (χ2v) is 7.06. The second kappa shape index (κ2) is 6.97. The quantitative estimate of drug-likeness (QED) is 0.531. The van der Waals surface area contributed by atoms with E-state index in [1.54, 1.807) is 10.7 Å². The first-order valence-electron chi connectivity index (χ1n) is 9.46. The van der Waals surface area contributed by atoms with E-state index >= 15 is 0 Å². The van der Waals surface area contributed by atoms with Crippen LogP contribution in [0.15, 0.2) is 36.5 Å². The van der Waals surface area contributed by atoms with Crippen LogP contribution in [0.3, 0.4) is 0 Å². The fourth-order valence-corrected chi connectivity index (χ4v) is 3.58. The van der Waals surface area contributed by atoms with Crippen molar-refractivity contribution in [2.45, 2.75) is 20.0 Å². The number of aromatic nitrogens is 7. The summed E-state index contributed by atoms with van der Waals surface area (Å²) in [5.41, 5.74) is 10.9. The van der Waals surface area contributed by atoms with Crippen molar-refractivity contribution < 1.29 is 0 Å². The molecule has 148 valence electrons. The van der Waals surface area contributed by atoms with Gasteiger partial charge in [-0.1, -0.05) is 17.3 Å². The highest BCUT2D eigenvalue weighted by Crippen LogP contribution is 2.27. The standard InChI is InChI=1S/C20H18N10/c1-12-13(9-21)3-2-4-15(12)16-8-17(25-20(22)24-16)18-11-29(28-26-18)10-14-7-19-23-5-6-30(19)27-14/h2-4,7-8,11,23H,5-6,10H2,1H3,(H2,22,24,25). The first-order valence-corrected chi connectivity index (χ1v) is 9.46. The average Bonchev–Trinajstić information content (AvgIpc) is 3.44. The molecule has 10 heteroatoms. The number of rotatable bonds is 4. The molecule has 0 radical (unpaired) electrons. The molecule has 1 aromatic carbocycles. The molecule has 0 saturated heterocycles. The van der Waals surface area contributed by atoms with Crippen molar-refractivity contribution in [1.29, 1.82) is 5.26 Å². The minimum atomic E-state index is 0.135. The van der Waals surface area contributed by atoms with Crippen molar-refractivity contribution in [1.82, 2.24) is 34.7 Å². The summed E-state index contributed by atoms with van der Waals surface area (Å²) in [5.74, 6) is 1.16. The number of nitrogens with one attached hydrogen (secondary N) is 1. The number of nitrogen functional groups attached to an aromatic ring is 1. The Morgan fingerprint density at radius 3 is 2.90 bits per heavy atom. The maximum Gasteiger partial charge on any atom is 0.221 e. The van der Waals surface area contributed by atoms with Gasteiger partial charge in [0, 0.05) is 18.2 Å². The Bertz CT molecular complexity index is 1270. The Labute approximate surface area is 172 Å². The number of anilines is 2. The van der Waals surface area contributed by atoms with E-state index in [0.29, 0.717) is 29.2 Å². The summed E-state index contributed by atoms with van der Waals surface area (Å²) in [6.45, 7) is 4.17. The lowest BCUT2D eigenvalue weighted by atomic mass is 10.00. The molecule has 0 amide bonds. The zero-order valence-electron chi connectivity index (χ0n) is 16.2. The van der Waals surface area contributed by atoms with Gasteiger partial charge < -0.3 is 11.1 Å². The molecule has 1 aliphatic rings. The summed E-state index contributed by atoms with van der Waals surface area (Å²) in [4.78, 5) is 8.67. The third kappa shape index (κ3) is 3.12. The van der Waals surface area contributed by atoms with Crippen LogP contribution >= 0.6 is 0 Å². The van der Waals surface area contributed by atoms with Gasteiger partial charge in [-0.25, -0.2) is 19.3 Å². The zero-order chi connectivity index (χ0) is 20.7. The highest BCUT2D eigenvalue weighted by atomic mass is 15.4. The van der Waals surface area contributed by atoms with Crippen LogP contribution in [0.5, 0.6) is 0 Å². The summed E-state index contributed by atoms with van der Waals surface area (Å²) in [7, 11) is 0. The Kier molecular flexibility index (Phi) is 4.14. The van der Waals surface area contributed by atoms with Gasteiger partial charge in [0.25, 0.3) is 0 Å². The lowest BCUT2D eigenvalue weighted by molar-refractivity contribution is 0.612. The topological polar surface area (TPSA) is 136 Å². The van der Waals surface area contributed by atoms with Crippen LogP contribution in [-0.4, -0.2) is 41.3 Å². The molecular weight excluding hydrogens is 380 g/mol. The molecule has 4 heterocycles. The molecule has 0 fully saturated rings. The molecule has 3 aromatic heterocycles. The van der Waals surface area contributed by atoms with Gasteiger partial charge in [-0.2, -0.15) is 10.4 Å². The van der Waals surface area contributed by atoms with E-state index in [1.807, 2.05) is 42.1 Å². The van der Waals surface area contributed by atoms with Gasteiger partial charge in [0.15, 0.2) is 0 Å². The van der Waals surface area contributed by atoms with Crippen molar-refractivity contribution >= 4 is 11.8 Å². The van der Waals surface area contributed by atoms with Crippen molar-refractivity contribution in [3.8, 4) is 28.7 Å². The number of nitriles is 1. The Hall–Kier alpha value is -4.26. The smallest absolute Gasteiger partial charge is 0.221 e. The molecule has 0 saturated carbocycles. The SMILES string of the molecule is Cc1c(C#N)cccc1-c1cc(-c2cn(Cc3cc4n(n3)CCN4)nn2)nc(N)n1. The maximum atomic E-state index is 9.30. The zero-order valence-corrected chi connectivity index (χ0v) is 16.2. The molecule has 3 N–H and O–H groups in total. The molecular formula is C20H18N10. The van der Waals surface area contributed by atoms with Gasteiger partial charge in [-0.3, -0.25) is 0 Å². The molecule has 0 unspecified atom stereocenters. The monoisotopic (exact) mass is 398 g/mol. The predicted molar refractivity (Wildman–Crippen MR) is 110 cm³/mol. The predicted octanol–water partition coefficient (Wildman–Crippen LogP) is 1.83. The number of fused-ring (bicyclic) bond motifs is 1. The molecule has 0 aliphatic carbocycles. The Morgan fingerprint density at radius 2 is 2.07 bits per heavy atom. The highest BCUT2D eigenvalue weighted by Gasteiger charge is 2.15. The fraction of sp³-hybridized carbons (Fsp3) is 0.200. The largest absolute Gasteiger partial charge is 0.368 e. The summed E-state index contributed by atoms with van der Waals surface area (Å²) in [6.07, 6.45) is 1.81. The van der Waals surface area contributed by atoms with Gasteiger partial charge in [-0.05, 0) is 24.6 Å². The van der Waals surface area contributed by atoms with Crippen LogP contribution in [-0.2, 0) is 13.1 Å². The van der Waals surface area contributed by atoms with E-state index in [1.165, 1.54) is 0 Å². The summed E-state index contributed by atoms with van der Waals surface area (Å²) >= 11 is 0. The molecule has 0 spiro atoms. The lowest BCUT2D eigenvalue weighted by Crippen LogP contribution is -2.04. The van der Waals surface area contributed by atoms with E-state index < -0.39 is 0 Å². The number of nitrogens with two attached hydrogens (primary N) is 1. The summed E-state index contributed by atoms with van der Waals surface area (Å²) in [5, 5.41) is 25.6. The van der Waals surface area contributed by atoms with Gasteiger partial charge in [0.05, 0.1) is 48.0 Å². The van der Waals surface area contributed by atoms with Gasteiger partial charge >= 0.3 is 0 Å². The molecule has 0 bridgehead atoms. The number of nitrogens with zero attached hydrogens (tertiary/aromatic N) is 8. The third-order valence-corrected chi connectivity index (χ3v) is 5.06. The average molecular weight is 398 g/mol. The lowest BCUT2D eigenvalue weighted by Gasteiger charge is -2.08. The first kappa shape index (κ1) is 17.8. The van der Waals surface area contributed by atoms with E-state index in [2.05, 4.69) is 36.8 Å². The van der Waals surface area contributed by atoms with Crippen molar-refractivity contribution in [3.05, 3.63) is 53.3 Å².